The summed E-state index contributed by atoms with van der Waals surface area (Å²) in [5.41, 5.74) is 2.84. The van der Waals surface area contributed by atoms with Gasteiger partial charge in [0.05, 0.1) is 8.07 Å². The monoisotopic (exact) mass is 441 g/mol. The first-order chi connectivity index (χ1) is 9.62. The van der Waals surface area contributed by atoms with Gasteiger partial charge in [-0.25, -0.2) is 0 Å². The number of aliphatic hydroxyl groups is 1. The van der Waals surface area contributed by atoms with Crippen molar-refractivity contribution in [2.75, 3.05) is 6.61 Å². The van der Waals surface area contributed by atoms with Gasteiger partial charge in [0.25, 0.3) is 0 Å². The summed E-state index contributed by atoms with van der Waals surface area (Å²) < 4.78 is 0. The Bertz CT molecular complexity index is 671. The molecule has 5 heteroatoms. The van der Waals surface area contributed by atoms with Crippen molar-refractivity contribution >= 4 is 24.4 Å². The van der Waals surface area contributed by atoms with Gasteiger partial charge in [0.2, 0.25) is 0 Å². The third-order valence-corrected chi connectivity index (χ3v) is 7.76. The molecular formula is C18H21Cl2OSiZr. The van der Waals surface area contributed by atoms with Crippen molar-refractivity contribution < 1.29 is 56.1 Å². The molecule has 121 valence electrons. The topological polar surface area (TPSA) is 20.2 Å². The van der Waals surface area contributed by atoms with Gasteiger partial charge in [0.15, 0.2) is 0 Å². The molecule has 0 aromatic heterocycles. The fraction of sp³-hybridized carbons (Fsp3) is 0.278. The summed E-state index contributed by atoms with van der Waals surface area (Å²) in [6.07, 6.45) is 5.61. The summed E-state index contributed by atoms with van der Waals surface area (Å²) >= 11 is 0. The minimum absolute atomic E-state index is 0. The Morgan fingerprint density at radius 2 is 1.87 bits per heavy atom. The molecule has 0 amide bonds. The molecule has 0 aliphatic heterocycles. The van der Waals surface area contributed by atoms with E-state index in [2.05, 4.69) is 61.6 Å². The molecule has 23 heavy (non-hydrogen) atoms. The van der Waals surface area contributed by atoms with E-state index in [0.29, 0.717) is 6.61 Å². The van der Waals surface area contributed by atoms with Gasteiger partial charge in [-0.2, -0.15) is 0 Å². The Labute approximate surface area is 171 Å². The molecule has 0 spiro atoms. The second kappa shape index (κ2) is 9.44. The molecule has 0 bridgehead atoms. The molecule has 1 aliphatic carbocycles. The van der Waals surface area contributed by atoms with Crippen molar-refractivity contribution in [2.24, 2.45) is 0 Å². The summed E-state index contributed by atoms with van der Waals surface area (Å²) in [5.74, 6) is 0. The van der Waals surface area contributed by atoms with E-state index in [1.165, 1.54) is 27.1 Å². The van der Waals surface area contributed by atoms with E-state index in [1.807, 2.05) is 0 Å². The van der Waals surface area contributed by atoms with E-state index < -0.39 is 8.07 Å². The number of aliphatic hydroxyl groups excluding tert-OH is 1. The zero-order valence-electron chi connectivity index (χ0n) is 13.4. The molecule has 2 aromatic carbocycles. The summed E-state index contributed by atoms with van der Waals surface area (Å²) in [6.45, 7) is 5.01. The molecule has 1 N–H and O–H groups in total. The molecule has 0 fully saturated rings. The van der Waals surface area contributed by atoms with Crippen LogP contribution >= 0.6 is 0 Å². The van der Waals surface area contributed by atoms with Gasteiger partial charge in [-0.15, -0.1) is 40.1 Å². The molecule has 1 aliphatic rings. The van der Waals surface area contributed by atoms with E-state index in [0.717, 1.165) is 12.5 Å². The standard InChI is InChI=1S/C18H21OSi.2ClH.Zr/c1-20(2,11-10-19)18-9-5-8-17(18)16-12-14-6-3-4-7-15(14)13-16;;;/h3-7,9,12-13,19H,8,10-11H2,1-2H3;2*1H;/q-1;;;+3/p-2. The third kappa shape index (κ3) is 4.74. The van der Waals surface area contributed by atoms with E-state index in [4.69, 9.17) is 0 Å². The molecular weight excluding hydrogens is 422 g/mol. The third-order valence-electron chi connectivity index (χ3n) is 4.36. The Morgan fingerprint density at radius 1 is 1.17 bits per heavy atom. The van der Waals surface area contributed by atoms with E-state index in [1.54, 1.807) is 0 Å². The molecule has 0 saturated carbocycles. The van der Waals surface area contributed by atoms with Crippen LogP contribution in [0.5, 0.6) is 0 Å². The van der Waals surface area contributed by atoms with Crippen molar-refractivity contribution in [3.05, 3.63) is 59.3 Å². The maximum Gasteiger partial charge on any atom is 3.00 e. The van der Waals surface area contributed by atoms with E-state index >= 15 is 0 Å². The zero-order chi connectivity index (χ0) is 14.2. The minimum Gasteiger partial charge on any atom is -1.00 e. The van der Waals surface area contributed by atoms with E-state index in [9.17, 15) is 5.11 Å². The predicted molar refractivity (Wildman–Crippen MR) is 89.6 cm³/mol. The molecule has 0 heterocycles. The molecule has 3 rings (SSSR count). The smallest absolute Gasteiger partial charge is 1.00 e. The molecule has 0 saturated heterocycles. The number of rotatable bonds is 4. The average molecular weight is 444 g/mol. The minimum atomic E-state index is -1.52. The molecule has 0 atom stereocenters. The van der Waals surface area contributed by atoms with Crippen molar-refractivity contribution in [1.29, 1.82) is 0 Å². The van der Waals surface area contributed by atoms with Crippen LogP contribution < -0.4 is 24.8 Å². The fourth-order valence-electron chi connectivity index (χ4n) is 3.15. The number of hydrogen-bond acceptors (Lipinski definition) is 1. The molecule has 1 nitrogen and oxygen atoms in total. The number of fused-ring (bicyclic) bond motifs is 1. The summed E-state index contributed by atoms with van der Waals surface area (Å²) in [7, 11) is -1.52. The van der Waals surface area contributed by atoms with Crippen molar-refractivity contribution in [1.82, 2.24) is 0 Å². The van der Waals surface area contributed by atoms with E-state index in [-0.39, 0.29) is 51.0 Å². The van der Waals surface area contributed by atoms with Gasteiger partial charge < -0.3 is 29.9 Å². The van der Waals surface area contributed by atoms with Crippen LogP contribution in [0, 0.1) is 0 Å². The first-order valence-electron chi connectivity index (χ1n) is 7.29. The predicted octanol–water partition coefficient (Wildman–Crippen LogP) is -1.48. The van der Waals surface area contributed by atoms with Gasteiger partial charge in [0, 0.05) is 6.61 Å². The van der Waals surface area contributed by atoms with Gasteiger partial charge >= 0.3 is 26.2 Å². The first-order valence-corrected chi connectivity index (χ1v) is 10.5. The van der Waals surface area contributed by atoms with Crippen molar-refractivity contribution in [3.8, 4) is 0 Å². The van der Waals surface area contributed by atoms with Gasteiger partial charge in [-0.05, 0) is 12.5 Å². The second-order valence-electron chi connectivity index (χ2n) is 6.23. The second-order valence-corrected chi connectivity index (χ2v) is 11.0. The van der Waals surface area contributed by atoms with Crippen molar-refractivity contribution in [3.63, 3.8) is 0 Å². The Balaban J connectivity index is 0.00000161. The van der Waals surface area contributed by atoms with Crippen molar-refractivity contribution in [2.45, 2.75) is 25.6 Å². The van der Waals surface area contributed by atoms with Crippen LogP contribution in [0.2, 0.25) is 19.1 Å². The first kappa shape index (κ1) is 22.9. The Hall–Kier alpha value is -0.0500. The van der Waals surface area contributed by atoms with Crippen LogP contribution in [0.4, 0.5) is 0 Å². The summed E-state index contributed by atoms with van der Waals surface area (Å²) in [5, 5.41) is 13.5. The van der Waals surface area contributed by atoms with Crippen LogP contribution in [0.1, 0.15) is 12.0 Å². The maximum atomic E-state index is 9.32. The van der Waals surface area contributed by atoms with Crippen LogP contribution in [-0.4, -0.2) is 19.8 Å². The van der Waals surface area contributed by atoms with Gasteiger partial charge in [-0.1, -0.05) is 48.6 Å². The summed E-state index contributed by atoms with van der Waals surface area (Å²) in [4.78, 5) is 0. The number of benzene rings is 1. The number of halogens is 2. The quantitative estimate of drug-likeness (QED) is 0.452. The fourth-order valence-corrected chi connectivity index (χ4v) is 5.61. The zero-order valence-corrected chi connectivity index (χ0v) is 18.4. The van der Waals surface area contributed by atoms with Crippen LogP contribution in [0.3, 0.4) is 0 Å². The number of hydrogen-bond donors (Lipinski definition) is 1. The largest absolute Gasteiger partial charge is 3.00 e. The van der Waals surface area contributed by atoms with Gasteiger partial charge in [-0.3, -0.25) is 0 Å². The van der Waals surface area contributed by atoms with Crippen LogP contribution in [0.15, 0.2) is 53.7 Å². The van der Waals surface area contributed by atoms with Crippen LogP contribution in [0.25, 0.3) is 16.3 Å². The number of allylic oxidation sites excluding steroid dienone is 4. The Morgan fingerprint density at radius 3 is 2.52 bits per heavy atom. The maximum absolute atomic E-state index is 9.32. The molecule has 1 radical (unpaired) electrons. The van der Waals surface area contributed by atoms with Gasteiger partial charge in [0.1, 0.15) is 0 Å². The molecule has 0 unspecified atom stereocenters. The average Bonchev–Trinajstić information content (AvgIpc) is 3.05. The summed E-state index contributed by atoms with van der Waals surface area (Å²) in [6, 6.07) is 14.1. The normalized spacial score (nSPS) is 13.5. The SMILES string of the molecule is C[Si](C)(CCO)C1=C(c2cc3ccccc3[cH-]2)CC=C1.[Cl-].[Cl-].[Zr+3]. The molecule has 2 aromatic rings. The Kier molecular flexibility index (Phi) is 9.42. The van der Waals surface area contributed by atoms with Crippen LogP contribution in [-0.2, 0) is 26.2 Å².